The van der Waals surface area contributed by atoms with Crippen molar-refractivity contribution in [2.24, 2.45) is 0 Å². The SMILES string of the molecule is C=CCOc1cccc([C@@H]2/C(=C(\O)c3ccc(OCC)cc3)C(=O)C(=O)N2CCCN2CCOCC2)c1. The zero-order chi connectivity index (χ0) is 26.2. The molecule has 8 nitrogen and oxygen atoms in total. The summed E-state index contributed by atoms with van der Waals surface area (Å²) in [7, 11) is 0. The fourth-order valence-electron chi connectivity index (χ4n) is 4.71. The number of nitrogens with zero attached hydrogens (tertiary/aromatic N) is 2. The smallest absolute Gasteiger partial charge is 0.295 e. The van der Waals surface area contributed by atoms with Gasteiger partial charge in [0.2, 0.25) is 0 Å². The van der Waals surface area contributed by atoms with E-state index in [9.17, 15) is 14.7 Å². The molecule has 196 valence electrons. The van der Waals surface area contributed by atoms with Crippen LogP contribution in [0.4, 0.5) is 0 Å². The van der Waals surface area contributed by atoms with Crippen molar-refractivity contribution in [2.75, 3.05) is 52.6 Å². The van der Waals surface area contributed by atoms with E-state index in [1.807, 2.05) is 25.1 Å². The number of carbonyl (C=O) groups excluding carboxylic acids is 2. The largest absolute Gasteiger partial charge is 0.507 e. The molecule has 1 amide bonds. The van der Waals surface area contributed by atoms with Crippen molar-refractivity contribution in [3.63, 3.8) is 0 Å². The zero-order valence-corrected chi connectivity index (χ0v) is 21.2. The molecule has 0 unspecified atom stereocenters. The molecule has 2 aromatic rings. The summed E-state index contributed by atoms with van der Waals surface area (Å²) in [6.07, 6.45) is 2.34. The highest BCUT2D eigenvalue weighted by atomic mass is 16.5. The number of rotatable bonds is 11. The summed E-state index contributed by atoms with van der Waals surface area (Å²) >= 11 is 0. The van der Waals surface area contributed by atoms with E-state index >= 15 is 0 Å². The van der Waals surface area contributed by atoms with Gasteiger partial charge in [-0.3, -0.25) is 14.5 Å². The minimum absolute atomic E-state index is 0.0707. The number of ketones is 1. The number of hydrogen-bond donors (Lipinski definition) is 1. The van der Waals surface area contributed by atoms with Crippen LogP contribution in [0.3, 0.4) is 0 Å². The molecule has 1 N–H and O–H groups in total. The lowest BCUT2D eigenvalue weighted by molar-refractivity contribution is -0.140. The van der Waals surface area contributed by atoms with Crippen LogP contribution in [0.1, 0.15) is 30.5 Å². The first kappa shape index (κ1) is 26.4. The Kier molecular flexibility index (Phi) is 8.98. The molecule has 0 aromatic heterocycles. The Morgan fingerprint density at radius 3 is 2.54 bits per heavy atom. The van der Waals surface area contributed by atoms with Crippen LogP contribution >= 0.6 is 0 Å². The van der Waals surface area contributed by atoms with Crippen LogP contribution < -0.4 is 9.47 Å². The van der Waals surface area contributed by atoms with Crippen LogP contribution in [0.15, 0.2) is 66.8 Å². The van der Waals surface area contributed by atoms with Crippen LogP contribution in [0.25, 0.3) is 5.76 Å². The topological polar surface area (TPSA) is 88.5 Å². The number of ether oxygens (including phenoxy) is 3. The Morgan fingerprint density at radius 1 is 1.08 bits per heavy atom. The summed E-state index contributed by atoms with van der Waals surface area (Å²) in [6.45, 7) is 10.7. The molecular formula is C29H34N2O6. The molecule has 2 fully saturated rings. The number of morpholine rings is 1. The maximum atomic E-state index is 13.3. The lowest BCUT2D eigenvalue weighted by Gasteiger charge is -2.29. The first-order valence-electron chi connectivity index (χ1n) is 12.7. The van der Waals surface area contributed by atoms with E-state index in [-0.39, 0.29) is 11.3 Å². The Labute approximate surface area is 217 Å². The normalized spacial score (nSPS) is 19.7. The first-order valence-corrected chi connectivity index (χ1v) is 12.7. The van der Waals surface area contributed by atoms with Gasteiger partial charge in [-0.15, -0.1) is 0 Å². The summed E-state index contributed by atoms with van der Waals surface area (Å²) in [4.78, 5) is 30.4. The second-order valence-electron chi connectivity index (χ2n) is 8.93. The highest BCUT2D eigenvalue weighted by Crippen LogP contribution is 2.40. The summed E-state index contributed by atoms with van der Waals surface area (Å²) in [5.74, 6) is -0.264. The lowest BCUT2D eigenvalue weighted by Crippen LogP contribution is -2.38. The van der Waals surface area contributed by atoms with E-state index in [4.69, 9.17) is 14.2 Å². The van der Waals surface area contributed by atoms with Crippen molar-refractivity contribution < 1.29 is 28.9 Å². The number of aliphatic hydroxyl groups excluding tert-OH is 1. The Bertz CT molecular complexity index is 1140. The molecule has 2 heterocycles. The highest BCUT2D eigenvalue weighted by molar-refractivity contribution is 6.46. The molecule has 0 spiro atoms. The second-order valence-corrected chi connectivity index (χ2v) is 8.93. The summed E-state index contributed by atoms with van der Waals surface area (Å²) in [6, 6.07) is 13.4. The Hall–Kier alpha value is -3.62. The highest BCUT2D eigenvalue weighted by Gasteiger charge is 2.46. The average Bonchev–Trinajstić information content (AvgIpc) is 3.18. The number of aliphatic hydroxyl groups is 1. The predicted molar refractivity (Wildman–Crippen MR) is 141 cm³/mol. The Balaban J connectivity index is 1.67. The molecule has 2 aliphatic heterocycles. The molecule has 4 rings (SSSR count). The van der Waals surface area contributed by atoms with Gasteiger partial charge >= 0.3 is 0 Å². The van der Waals surface area contributed by atoms with Gasteiger partial charge in [0.05, 0.1) is 31.4 Å². The molecule has 0 bridgehead atoms. The van der Waals surface area contributed by atoms with Gasteiger partial charge in [0, 0.05) is 31.7 Å². The number of carbonyl (C=O) groups is 2. The van der Waals surface area contributed by atoms with Crippen molar-refractivity contribution >= 4 is 17.4 Å². The second kappa shape index (κ2) is 12.6. The predicted octanol–water partition coefficient (Wildman–Crippen LogP) is 3.79. The van der Waals surface area contributed by atoms with Crippen molar-refractivity contribution in [2.45, 2.75) is 19.4 Å². The van der Waals surface area contributed by atoms with Gasteiger partial charge in [-0.2, -0.15) is 0 Å². The van der Waals surface area contributed by atoms with Crippen LogP contribution in [-0.2, 0) is 14.3 Å². The number of hydrogen-bond acceptors (Lipinski definition) is 7. The van der Waals surface area contributed by atoms with E-state index in [0.29, 0.717) is 62.0 Å². The molecule has 0 saturated carbocycles. The molecule has 37 heavy (non-hydrogen) atoms. The van der Waals surface area contributed by atoms with E-state index in [2.05, 4.69) is 11.5 Å². The van der Waals surface area contributed by atoms with E-state index in [0.717, 1.165) is 19.6 Å². The molecular weight excluding hydrogens is 472 g/mol. The number of amides is 1. The molecule has 2 saturated heterocycles. The van der Waals surface area contributed by atoms with Gasteiger partial charge in [0.15, 0.2) is 0 Å². The third-order valence-corrected chi connectivity index (χ3v) is 6.50. The van der Waals surface area contributed by atoms with Gasteiger partial charge in [-0.25, -0.2) is 0 Å². The van der Waals surface area contributed by atoms with E-state index < -0.39 is 17.7 Å². The number of likely N-dealkylation sites (tertiary alicyclic amines) is 1. The standard InChI is InChI=1S/C29H34N2O6/c1-3-17-37-24-8-5-7-22(20-24)26-25(27(32)21-9-11-23(12-10-21)36-4-2)28(33)29(34)31(26)14-6-13-30-15-18-35-19-16-30/h3,5,7-12,20,26,32H,1,4,6,13-19H2,2H3/b27-25+/t26-/m1/s1. The fraction of sp³-hybridized carbons (Fsp3) is 0.379. The molecule has 1 atom stereocenters. The van der Waals surface area contributed by atoms with Crippen LogP contribution in [-0.4, -0.2) is 79.2 Å². The van der Waals surface area contributed by atoms with E-state index in [1.165, 1.54) is 0 Å². The Morgan fingerprint density at radius 2 is 1.84 bits per heavy atom. The van der Waals surface area contributed by atoms with Crippen molar-refractivity contribution in [3.05, 3.63) is 77.9 Å². The van der Waals surface area contributed by atoms with Crippen molar-refractivity contribution in [3.8, 4) is 11.5 Å². The van der Waals surface area contributed by atoms with Crippen molar-refractivity contribution in [1.29, 1.82) is 0 Å². The molecule has 0 radical (unpaired) electrons. The van der Waals surface area contributed by atoms with Crippen LogP contribution in [0.2, 0.25) is 0 Å². The quantitative estimate of drug-likeness (QED) is 0.215. The molecule has 2 aromatic carbocycles. The summed E-state index contributed by atoms with van der Waals surface area (Å²) < 4.78 is 16.6. The number of benzene rings is 2. The maximum absolute atomic E-state index is 13.3. The summed E-state index contributed by atoms with van der Waals surface area (Å²) in [5.41, 5.74) is 1.21. The fourth-order valence-corrected chi connectivity index (χ4v) is 4.71. The van der Waals surface area contributed by atoms with Gasteiger partial charge < -0.3 is 24.2 Å². The monoisotopic (exact) mass is 506 g/mol. The van der Waals surface area contributed by atoms with Crippen LogP contribution in [0, 0.1) is 0 Å². The van der Waals surface area contributed by atoms with E-state index in [1.54, 1.807) is 41.3 Å². The summed E-state index contributed by atoms with van der Waals surface area (Å²) in [5, 5.41) is 11.3. The first-order chi connectivity index (χ1) is 18.0. The van der Waals surface area contributed by atoms with Gasteiger partial charge in [0.1, 0.15) is 23.9 Å². The van der Waals surface area contributed by atoms with Gasteiger partial charge in [-0.1, -0.05) is 24.8 Å². The average molecular weight is 507 g/mol. The zero-order valence-electron chi connectivity index (χ0n) is 21.2. The minimum Gasteiger partial charge on any atom is -0.507 e. The van der Waals surface area contributed by atoms with Crippen LogP contribution in [0.5, 0.6) is 11.5 Å². The third kappa shape index (κ3) is 6.21. The molecule has 8 heteroatoms. The number of Topliss-reactive ketones (excluding diaryl/α,β-unsaturated/α-hetero) is 1. The third-order valence-electron chi connectivity index (χ3n) is 6.50. The lowest BCUT2D eigenvalue weighted by atomic mass is 9.95. The maximum Gasteiger partial charge on any atom is 0.295 e. The van der Waals surface area contributed by atoms with Gasteiger partial charge in [-0.05, 0) is 55.3 Å². The van der Waals surface area contributed by atoms with Crippen molar-refractivity contribution in [1.82, 2.24) is 9.80 Å². The minimum atomic E-state index is -0.733. The van der Waals surface area contributed by atoms with Gasteiger partial charge in [0.25, 0.3) is 11.7 Å². The molecule has 0 aliphatic carbocycles. The molecule has 2 aliphatic rings.